The fourth-order valence-electron chi connectivity index (χ4n) is 4.48. The number of nitrogens with one attached hydrogen (secondary N) is 1. The molecule has 0 radical (unpaired) electrons. The van der Waals surface area contributed by atoms with Crippen LogP contribution in [0.2, 0.25) is 0 Å². The van der Waals surface area contributed by atoms with Crippen LogP contribution in [0.5, 0.6) is 5.75 Å². The Kier molecular flexibility index (Phi) is 4.81. The largest absolute Gasteiger partial charge is 0.495 e. The van der Waals surface area contributed by atoms with Gasteiger partial charge in [0.15, 0.2) is 5.82 Å². The molecule has 4 aromatic rings. The summed E-state index contributed by atoms with van der Waals surface area (Å²) in [5.74, 6) is 0.943. The summed E-state index contributed by atoms with van der Waals surface area (Å²) in [5, 5.41) is 14.7. The van der Waals surface area contributed by atoms with E-state index in [0.29, 0.717) is 29.9 Å². The van der Waals surface area contributed by atoms with Crippen molar-refractivity contribution in [3.8, 4) is 17.1 Å². The molecule has 5 rings (SSSR count). The highest BCUT2D eigenvalue weighted by molar-refractivity contribution is 9.10. The van der Waals surface area contributed by atoms with Gasteiger partial charge in [0.1, 0.15) is 29.1 Å². The molecule has 3 aromatic heterocycles. The number of aromatic amines is 1. The molecule has 0 spiro atoms. The number of carboxylic acid groups (broad SMARTS) is 1. The first-order valence-corrected chi connectivity index (χ1v) is 10.8. The molecular formula is C21H21BrN6O3. The minimum atomic E-state index is -0.726. The van der Waals surface area contributed by atoms with E-state index in [2.05, 4.69) is 31.0 Å². The van der Waals surface area contributed by atoms with Crippen molar-refractivity contribution in [2.45, 2.75) is 31.6 Å². The first-order valence-electron chi connectivity index (χ1n) is 10.1. The van der Waals surface area contributed by atoms with Gasteiger partial charge < -0.3 is 20.6 Å². The molecule has 0 amide bonds. The summed E-state index contributed by atoms with van der Waals surface area (Å²) in [6.45, 7) is 0. The highest BCUT2D eigenvalue weighted by atomic mass is 79.9. The third-order valence-corrected chi connectivity index (χ3v) is 6.80. The Balaban J connectivity index is 1.65. The smallest absolute Gasteiger partial charge is 0.306 e. The Morgan fingerprint density at radius 1 is 1.32 bits per heavy atom. The maximum atomic E-state index is 11.3. The molecule has 1 fully saturated rings. The van der Waals surface area contributed by atoms with E-state index in [1.54, 1.807) is 11.6 Å². The Morgan fingerprint density at radius 2 is 2.10 bits per heavy atom. The zero-order valence-electron chi connectivity index (χ0n) is 16.8. The van der Waals surface area contributed by atoms with Crippen LogP contribution in [0.4, 0.5) is 5.82 Å². The predicted octanol–water partition coefficient (Wildman–Crippen LogP) is 3.98. The Hall–Kier alpha value is -3.14. The van der Waals surface area contributed by atoms with Gasteiger partial charge in [-0.25, -0.2) is 14.5 Å². The van der Waals surface area contributed by atoms with E-state index in [9.17, 15) is 9.90 Å². The van der Waals surface area contributed by atoms with E-state index in [-0.39, 0.29) is 11.8 Å². The number of hydrogen-bond donors (Lipinski definition) is 3. The van der Waals surface area contributed by atoms with Crippen molar-refractivity contribution in [2.24, 2.45) is 5.92 Å². The lowest BCUT2D eigenvalue weighted by Gasteiger charge is -2.24. The van der Waals surface area contributed by atoms with Gasteiger partial charge in [-0.05, 0) is 43.9 Å². The van der Waals surface area contributed by atoms with Crippen LogP contribution >= 0.6 is 15.9 Å². The van der Waals surface area contributed by atoms with Crippen LogP contribution in [0.15, 0.2) is 29.0 Å². The number of nitrogen functional groups attached to an aromatic ring is 1. The quantitative estimate of drug-likeness (QED) is 0.398. The third-order valence-electron chi connectivity index (χ3n) is 6.11. The van der Waals surface area contributed by atoms with Crippen molar-refractivity contribution < 1.29 is 14.6 Å². The van der Waals surface area contributed by atoms with Crippen LogP contribution in [0.3, 0.4) is 0 Å². The van der Waals surface area contributed by atoms with Crippen molar-refractivity contribution in [3.05, 3.63) is 34.8 Å². The number of nitrogens with zero attached hydrogens (tertiary/aromatic N) is 4. The minimum Gasteiger partial charge on any atom is -0.495 e. The van der Waals surface area contributed by atoms with E-state index < -0.39 is 5.97 Å². The second-order valence-corrected chi connectivity index (χ2v) is 8.69. The molecule has 0 aliphatic heterocycles. The molecule has 0 saturated heterocycles. The van der Waals surface area contributed by atoms with Crippen molar-refractivity contribution in [1.82, 2.24) is 24.6 Å². The third kappa shape index (κ3) is 3.21. The van der Waals surface area contributed by atoms with E-state index in [4.69, 9.17) is 15.5 Å². The number of ether oxygens (including phenoxy) is 1. The lowest BCUT2D eigenvalue weighted by atomic mass is 9.82. The van der Waals surface area contributed by atoms with Crippen molar-refractivity contribution in [3.63, 3.8) is 0 Å². The molecule has 1 aromatic carbocycles. The summed E-state index contributed by atoms with van der Waals surface area (Å²) >= 11 is 3.60. The topological polar surface area (TPSA) is 131 Å². The number of halogens is 1. The molecule has 9 nitrogen and oxygen atoms in total. The summed E-state index contributed by atoms with van der Waals surface area (Å²) in [7, 11) is 1.63. The van der Waals surface area contributed by atoms with Gasteiger partial charge in [-0.2, -0.15) is 5.10 Å². The van der Waals surface area contributed by atoms with Gasteiger partial charge in [0.2, 0.25) is 0 Å². The molecule has 1 aliphatic carbocycles. The molecule has 1 aliphatic rings. The highest BCUT2D eigenvalue weighted by Crippen LogP contribution is 2.40. The van der Waals surface area contributed by atoms with Gasteiger partial charge in [-0.1, -0.05) is 15.9 Å². The average Bonchev–Trinajstić information content (AvgIpc) is 3.38. The molecule has 10 heteroatoms. The monoisotopic (exact) mass is 484 g/mol. The number of aromatic nitrogens is 5. The number of hydrogen-bond acceptors (Lipinski definition) is 6. The summed E-state index contributed by atoms with van der Waals surface area (Å²) in [6, 6.07) is 5.83. The molecular weight excluding hydrogens is 464 g/mol. The molecule has 3 heterocycles. The SMILES string of the molecule is COc1ccc(Br)c2cc(-c3nc(C4CCC(C(=O)O)CC4)n4ncnc(N)c34)[nH]c12. The molecule has 0 atom stereocenters. The molecule has 31 heavy (non-hydrogen) atoms. The zero-order chi connectivity index (χ0) is 21.7. The Labute approximate surface area is 185 Å². The van der Waals surface area contributed by atoms with Crippen molar-refractivity contribution in [1.29, 1.82) is 0 Å². The van der Waals surface area contributed by atoms with Gasteiger partial charge in [-0.15, -0.1) is 0 Å². The first kappa shape index (κ1) is 19.8. The highest BCUT2D eigenvalue weighted by Gasteiger charge is 2.31. The van der Waals surface area contributed by atoms with Crippen molar-refractivity contribution in [2.75, 3.05) is 12.8 Å². The Bertz CT molecular complexity index is 1310. The van der Waals surface area contributed by atoms with Crippen LogP contribution in [0.1, 0.15) is 37.4 Å². The van der Waals surface area contributed by atoms with E-state index in [1.807, 2.05) is 18.2 Å². The number of rotatable bonds is 4. The van der Waals surface area contributed by atoms with Crippen LogP contribution in [-0.2, 0) is 4.79 Å². The molecule has 4 N–H and O–H groups in total. The Morgan fingerprint density at radius 3 is 2.81 bits per heavy atom. The average molecular weight is 485 g/mol. The standard InChI is InChI=1S/C21H21BrN6O3/c1-31-15-7-6-13(22)12-8-14(26-16(12)15)17-18-19(23)24-9-25-28(18)20(27-17)10-2-4-11(5-3-10)21(29)30/h6-11,26H,2-5H2,1H3,(H,29,30)(H2,23,24,25). The number of carbonyl (C=O) groups is 1. The molecule has 1 saturated carbocycles. The summed E-state index contributed by atoms with van der Waals surface area (Å²) in [4.78, 5) is 23.9. The number of methoxy groups -OCH3 is 1. The van der Waals surface area contributed by atoms with E-state index >= 15 is 0 Å². The van der Waals surface area contributed by atoms with E-state index in [0.717, 1.165) is 45.5 Å². The first-order chi connectivity index (χ1) is 15.0. The minimum absolute atomic E-state index is 0.108. The molecule has 160 valence electrons. The zero-order valence-corrected chi connectivity index (χ0v) is 18.4. The maximum absolute atomic E-state index is 11.3. The van der Waals surface area contributed by atoms with Crippen LogP contribution in [0.25, 0.3) is 27.8 Å². The van der Waals surface area contributed by atoms with Crippen LogP contribution in [-0.4, -0.2) is 42.8 Å². The number of carboxylic acids is 1. The normalized spacial score (nSPS) is 19.2. The molecule has 0 bridgehead atoms. The summed E-state index contributed by atoms with van der Waals surface area (Å²) < 4.78 is 8.18. The van der Waals surface area contributed by atoms with Crippen LogP contribution < -0.4 is 10.5 Å². The van der Waals surface area contributed by atoms with Gasteiger partial charge in [0.25, 0.3) is 0 Å². The van der Waals surface area contributed by atoms with Gasteiger partial charge in [0.05, 0.1) is 24.2 Å². The van der Waals surface area contributed by atoms with Gasteiger partial charge >= 0.3 is 5.97 Å². The number of H-pyrrole nitrogens is 1. The van der Waals surface area contributed by atoms with Crippen molar-refractivity contribution >= 4 is 44.1 Å². The number of nitrogens with two attached hydrogens (primary N) is 1. The lowest BCUT2D eigenvalue weighted by molar-refractivity contribution is -0.142. The lowest BCUT2D eigenvalue weighted by Crippen LogP contribution is -2.21. The van der Waals surface area contributed by atoms with Gasteiger partial charge in [-0.3, -0.25) is 4.79 Å². The number of aliphatic carboxylic acids is 1. The van der Waals surface area contributed by atoms with E-state index in [1.165, 1.54) is 6.33 Å². The summed E-state index contributed by atoms with van der Waals surface area (Å²) in [5.41, 5.74) is 9.18. The fourth-order valence-corrected chi connectivity index (χ4v) is 4.93. The second-order valence-electron chi connectivity index (χ2n) is 7.83. The summed E-state index contributed by atoms with van der Waals surface area (Å²) in [6.07, 6.45) is 4.16. The number of anilines is 1. The maximum Gasteiger partial charge on any atom is 0.306 e. The van der Waals surface area contributed by atoms with Gasteiger partial charge in [0, 0.05) is 15.8 Å². The second kappa shape index (κ2) is 7.52. The number of benzene rings is 1. The number of imidazole rings is 1. The van der Waals surface area contributed by atoms with Crippen LogP contribution in [0, 0.1) is 5.92 Å². The fraction of sp³-hybridized carbons (Fsp3) is 0.333. The number of fused-ring (bicyclic) bond motifs is 2. The molecule has 0 unspecified atom stereocenters. The predicted molar refractivity (Wildman–Crippen MR) is 119 cm³/mol.